The van der Waals surface area contributed by atoms with E-state index in [1.807, 2.05) is 0 Å². The van der Waals surface area contributed by atoms with E-state index in [0.717, 1.165) is 23.8 Å². The molecule has 0 aliphatic carbocycles. The monoisotopic (exact) mass is 185 g/mol. The maximum atomic E-state index is 6.03. The van der Waals surface area contributed by atoms with E-state index in [4.69, 9.17) is 16.3 Å². The van der Waals surface area contributed by atoms with Crippen LogP contribution in [0.15, 0.2) is 22.4 Å². The van der Waals surface area contributed by atoms with E-state index in [-0.39, 0.29) is 0 Å². The molecule has 1 fully saturated rings. The molecule has 66 valence electrons. The molecule has 0 aromatic rings. The summed E-state index contributed by atoms with van der Waals surface area (Å²) in [5.41, 5.74) is 2.50. The molecule has 2 aliphatic rings. The lowest BCUT2D eigenvalue weighted by atomic mass is 9.98. The molecule has 0 spiro atoms. The van der Waals surface area contributed by atoms with Crippen LogP contribution in [0.4, 0.5) is 0 Å². The Balaban J connectivity index is 2.30. The van der Waals surface area contributed by atoms with Crippen molar-refractivity contribution in [1.82, 2.24) is 5.32 Å². The predicted molar refractivity (Wildman–Crippen MR) is 49.0 cm³/mol. The van der Waals surface area contributed by atoms with Crippen LogP contribution in [0, 0.1) is 0 Å². The third-order valence-corrected chi connectivity index (χ3v) is 2.56. The first-order valence-corrected chi connectivity index (χ1v) is 4.59. The zero-order chi connectivity index (χ0) is 8.55. The van der Waals surface area contributed by atoms with Gasteiger partial charge in [0.15, 0.2) is 0 Å². The summed E-state index contributed by atoms with van der Waals surface area (Å²) in [6, 6.07) is 0.356. The van der Waals surface area contributed by atoms with Crippen molar-refractivity contribution in [2.45, 2.75) is 19.4 Å². The van der Waals surface area contributed by atoms with Gasteiger partial charge in [-0.05, 0) is 18.9 Å². The number of nitrogens with one attached hydrogen (secondary N) is 1. The maximum Gasteiger partial charge on any atom is 0.108 e. The highest BCUT2D eigenvalue weighted by Gasteiger charge is 2.20. The molecule has 2 aliphatic heterocycles. The Morgan fingerprint density at radius 3 is 3.33 bits per heavy atom. The molecule has 0 bridgehead atoms. The fraction of sp³-hybridized carbons (Fsp3) is 0.556. The van der Waals surface area contributed by atoms with Crippen molar-refractivity contribution in [3.05, 3.63) is 22.4 Å². The Morgan fingerprint density at radius 1 is 1.67 bits per heavy atom. The number of fused-ring (bicyclic) bond motifs is 1. The average Bonchev–Trinajstić information content (AvgIpc) is 2.04. The number of hydrogen-bond acceptors (Lipinski definition) is 2. The Bertz CT molecular complexity index is 257. The lowest BCUT2D eigenvalue weighted by Crippen LogP contribution is -2.30. The van der Waals surface area contributed by atoms with E-state index in [1.165, 1.54) is 5.57 Å². The first kappa shape index (κ1) is 8.14. The van der Waals surface area contributed by atoms with Crippen molar-refractivity contribution in [3.8, 4) is 0 Å². The summed E-state index contributed by atoms with van der Waals surface area (Å²) in [5, 5.41) is 3.93. The van der Waals surface area contributed by atoms with Crippen LogP contribution in [-0.4, -0.2) is 19.3 Å². The minimum Gasteiger partial charge on any atom is -0.376 e. The average molecular weight is 186 g/mol. The largest absolute Gasteiger partial charge is 0.376 e. The van der Waals surface area contributed by atoms with Crippen molar-refractivity contribution in [2.24, 2.45) is 0 Å². The van der Waals surface area contributed by atoms with Gasteiger partial charge in [-0.2, -0.15) is 0 Å². The fourth-order valence-corrected chi connectivity index (χ4v) is 1.97. The van der Waals surface area contributed by atoms with Crippen molar-refractivity contribution < 1.29 is 4.74 Å². The van der Waals surface area contributed by atoms with E-state index < -0.39 is 0 Å². The van der Waals surface area contributed by atoms with Gasteiger partial charge < -0.3 is 10.1 Å². The summed E-state index contributed by atoms with van der Waals surface area (Å²) in [7, 11) is 0. The van der Waals surface area contributed by atoms with Gasteiger partial charge in [-0.25, -0.2) is 0 Å². The molecule has 3 heteroatoms. The standard InChI is InChI=1S/C9H12ClNO/c1-6-4-7-2-3-12-5-8(7)9(10)11-6/h4,6,11H,2-3,5H2,1H3. The molecule has 0 saturated carbocycles. The number of halogens is 1. The second kappa shape index (κ2) is 3.11. The molecule has 1 atom stereocenters. The zero-order valence-electron chi connectivity index (χ0n) is 7.06. The lowest BCUT2D eigenvalue weighted by molar-refractivity contribution is 0.144. The molecule has 2 heterocycles. The molecule has 2 nitrogen and oxygen atoms in total. The number of ether oxygens (including phenoxy) is 1. The van der Waals surface area contributed by atoms with Crippen molar-refractivity contribution in [1.29, 1.82) is 0 Å². The zero-order valence-corrected chi connectivity index (χ0v) is 7.82. The van der Waals surface area contributed by atoms with Gasteiger partial charge in [0.25, 0.3) is 0 Å². The van der Waals surface area contributed by atoms with Gasteiger partial charge in [-0.15, -0.1) is 0 Å². The van der Waals surface area contributed by atoms with Crippen LogP contribution in [0.5, 0.6) is 0 Å². The smallest absolute Gasteiger partial charge is 0.108 e. The summed E-state index contributed by atoms with van der Waals surface area (Å²) in [6.45, 7) is 3.58. The third kappa shape index (κ3) is 1.37. The quantitative estimate of drug-likeness (QED) is 0.581. The highest BCUT2D eigenvalue weighted by atomic mass is 35.5. The van der Waals surface area contributed by atoms with Gasteiger partial charge in [0.05, 0.1) is 13.2 Å². The topological polar surface area (TPSA) is 21.3 Å². The molecule has 1 saturated heterocycles. The highest BCUT2D eigenvalue weighted by molar-refractivity contribution is 6.30. The lowest BCUT2D eigenvalue weighted by Gasteiger charge is -2.27. The second-order valence-electron chi connectivity index (χ2n) is 3.22. The minimum atomic E-state index is 0.356. The molecule has 1 N–H and O–H groups in total. The Labute approximate surface area is 77.2 Å². The van der Waals surface area contributed by atoms with Gasteiger partial charge in [-0.1, -0.05) is 17.7 Å². The fourth-order valence-electron chi connectivity index (χ4n) is 1.62. The van der Waals surface area contributed by atoms with E-state index in [0.29, 0.717) is 12.6 Å². The van der Waals surface area contributed by atoms with Crippen LogP contribution in [0.25, 0.3) is 0 Å². The van der Waals surface area contributed by atoms with Crippen molar-refractivity contribution in [2.75, 3.05) is 13.2 Å². The van der Waals surface area contributed by atoms with Gasteiger partial charge in [0, 0.05) is 11.6 Å². The summed E-state index contributed by atoms with van der Waals surface area (Å²) >= 11 is 6.03. The van der Waals surface area contributed by atoms with Crippen LogP contribution >= 0.6 is 11.6 Å². The van der Waals surface area contributed by atoms with Gasteiger partial charge in [-0.3, -0.25) is 0 Å². The van der Waals surface area contributed by atoms with Gasteiger partial charge >= 0.3 is 0 Å². The number of dihydropyridines is 1. The Kier molecular flexibility index (Phi) is 2.11. The molecule has 0 aromatic heterocycles. The van der Waals surface area contributed by atoms with Crippen LogP contribution in [0.1, 0.15) is 13.3 Å². The summed E-state index contributed by atoms with van der Waals surface area (Å²) in [5.74, 6) is 0. The third-order valence-electron chi connectivity index (χ3n) is 2.22. The van der Waals surface area contributed by atoms with Gasteiger partial charge in [0.1, 0.15) is 5.16 Å². The first-order chi connectivity index (χ1) is 5.77. The number of rotatable bonds is 0. The van der Waals surface area contributed by atoms with Crippen molar-refractivity contribution in [3.63, 3.8) is 0 Å². The number of hydrogen-bond donors (Lipinski definition) is 1. The van der Waals surface area contributed by atoms with Crippen LogP contribution < -0.4 is 5.32 Å². The van der Waals surface area contributed by atoms with Crippen LogP contribution in [0.3, 0.4) is 0 Å². The van der Waals surface area contributed by atoms with E-state index in [1.54, 1.807) is 0 Å². The molecular formula is C9H12ClNO. The van der Waals surface area contributed by atoms with Crippen molar-refractivity contribution >= 4 is 11.6 Å². The van der Waals surface area contributed by atoms with E-state index >= 15 is 0 Å². The van der Waals surface area contributed by atoms with E-state index in [2.05, 4.69) is 18.3 Å². The van der Waals surface area contributed by atoms with E-state index in [9.17, 15) is 0 Å². The highest BCUT2D eigenvalue weighted by Crippen LogP contribution is 2.27. The van der Waals surface area contributed by atoms with Gasteiger partial charge in [0.2, 0.25) is 0 Å². The van der Waals surface area contributed by atoms with Crippen LogP contribution in [-0.2, 0) is 4.74 Å². The molecule has 1 unspecified atom stereocenters. The summed E-state index contributed by atoms with van der Waals surface area (Å²) in [4.78, 5) is 0. The molecule has 0 amide bonds. The summed E-state index contributed by atoms with van der Waals surface area (Å²) in [6.07, 6.45) is 3.22. The molecule has 0 aromatic carbocycles. The Morgan fingerprint density at radius 2 is 2.50 bits per heavy atom. The minimum absolute atomic E-state index is 0.356. The first-order valence-electron chi connectivity index (χ1n) is 4.21. The van der Waals surface area contributed by atoms with Crippen LogP contribution in [0.2, 0.25) is 0 Å². The predicted octanol–water partition coefficient (Wildman–Crippen LogP) is 1.78. The maximum absolute atomic E-state index is 6.03. The Hall–Kier alpha value is -0.470. The summed E-state index contributed by atoms with van der Waals surface area (Å²) < 4.78 is 5.32. The molecule has 12 heavy (non-hydrogen) atoms. The molecule has 2 rings (SSSR count). The second-order valence-corrected chi connectivity index (χ2v) is 3.60. The molecular weight excluding hydrogens is 174 g/mol. The SMILES string of the molecule is CC1C=C2CCOCC2=C(Cl)N1. The molecule has 0 radical (unpaired) electrons. The normalized spacial score (nSPS) is 29.2.